The summed E-state index contributed by atoms with van der Waals surface area (Å²) in [6.07, 6.45) is -4.66. The van der Waals surface area contributed by atoms with Crippen LogP contribution in [0.5, 0.6) is 0 Å². The van der Waals surface area contributed by atoms with Crippen molar-refractivity contribution in [3.8, 4) is 78.9 Å². The van der Waals surface area contributed by atoms with E-state index in [2.05, 4.69) is 126 Å². The molecule has 0 unspecified atom stereocenters. The fourth-order valence-corrected chi connectivity index (χ4v) is 10.5. The first-order chi connectivity index (χ1) is 36.1. The molecule has 10 aromatic carbocycles. The molecule has 0 radical (unpaired) electrons. The van der Waals surface area contributed by atoms with Crippen molar-refractivity contribution < 1.29 is 13.2 Å². The number of aryl methyl sites for hydroxylation is 2. The Bertz CT molecular complexity index is 4230. The molecule has 0 amide bonds. The lowest BCUT2D eigenvalue weighted by molar-refractivity contribution is -0.137. The van der Waals surface area contributed by atoms with Crippen LogP contribution in [0.25, 0.3) is 123 Å². The molecule has 3 aromatic heterocycles. The largest absolute Gasteiger partial charge is 0.416 e. The van der Waals surface area contributed by atoms with E-state index in [1.54, 1.807) is 6.07 Å². The molecule has 0 spiro atoms. The minimum Gasteiger partial charge on any atom is -0.309 e. The molecule has 354 valence electrons. The molecule has 0 saturated heterocycles. The lowest BCUT2D eigenvalue weighted by atomic mass is 9.94. The number of para-hydroxylation sites is 2. The van der Waals surface area contributed by atoms with Gasteiger partial charge in [-0.05, 0) is 114 Å². The van der Waals surface area contributed by atoms with Gasteiger partial charge in [-0.15, -0.1) is 0 Å². The van der Waals surface area contributed by atoms with Gasteiger partial charge in [0.15, 0.2) is 17.5 Å². The standard InChI is InChI=1S/C66H44F3N5/c1-41-21-25-43(26-22-41)47-29-34-60-55(37-47)51-17-9-11-19-58(51)73(60)50-32-33-53(65-71-63(45-13-5-3-6-14-45)70-64(72-65)46-15-7-4-8-16-46)54(40-50)57-39-49(66(67,68)69)31-36-62(57)74-59-20-12-10-18-52(59)56-38-48(30-35-61(56)74)44-27-23-42(2)24-28-44/h3-40H,1-2H3. The molecule has 0 aliphatic carbocycles. The van der Waals surface area contributed by atoms with Gasteiger partial charge in [-0.25, -0.2) is 15.0 Å². The molecular weight excluding hydrogens is 920 g/mol. The Morgan fingerprint density at radius 1 is 0.324 bits per heavy atom. The first-order valence-electron chi connectivity index (χ1n) is 24.6. The zero-order chi connectivity index (χ0) is 50.1. The Hall–Kier alpha value is -9.40. The quantitative estimate of drug-likeness (QED) is 0.152. The molecule has 74 heavy (non-hydrogen) atoms. The van der Waals surface area contributed by atoms with E-state index in [0.29, 0.717) is 39.9 Å². The highest BCUT2D eigenvalue weighted by Gasteiger charge is 2.33. The predicted octanol–water partition coefficient (Wildman–Crippen LogP) is 17.7. The minimum absolute atomic E-state index is 0.317. The Balaban J connectivity index is 1.11. The SMILES string of the molecule is Cc1ccc(-c2ccc3c(c2)c2ccccc2n3-c2ccc(-c3nc(-c4ccccc4)nc(-c4ccccc4)n3)c(-c3cc(C(F)(F)F)ccc3-n3c4ccccc4c4cc(-c5ccc(C)cc5)ccc43)c2)cc1. The maximum atomic E-state index is 15.4. The van der Waals surface area contributed by atoms with Crippen LogP contribution >= 0.6 is 0 Å². The summed E-state index contributed by atoms with van der Waals surface area (Å²) in [5.74, 6) is 1.19. The molecule has 8 heteroatoms. The number of halogens is 3. The maximum absolute atomic E-state index is 15.4. The number of aromatic nitrogens is 5. The van der Waals surface area contributed by atoms with Crippen molar-refractivity contribution in [3.05, 3.63) is 247 Å². The molecule has 0 aliphatic rings. The normalized spacial score (nSPS) is 11.9. The molecule has 0 bridgehead atoms. The van der Waals surface area contributed by atoms with E-state index in [1.807, 2.05) is 109 Å². The van der Waals surface area contributed by atoms with Crippen LogP contribution in [-0.4, -0.2) is 24.1 Å². The highest BCUT2D eigenvalue weighted by Crippen LogP contribution is 2.45. The van der Waals surface area contributed by atoms with Gasteiger partial charge in [0.1, 0.15) is 0 Å². The lowest BCUT2D eigenvalue weighted by Gasteiger charge is -2.20. The van der Waals surface area contributed by atoms with Crippen LogP contribution in [0.15, 0.2) is 231 Å². The van der Waals surface area contributed by atoms with E-state index < -0.39 is 11.7 Å². The van der Waals surface area contributed by atoms with Gasteiger partial charge >= 0.3 is 6.18 Å². The van der Waals surface area contributed by atoms with Crippen LogP contribution in [0, 0.1) is 13.8 Å². The zero-order valence-electron chi connectivity index (χ0n) is 40.3. The Morgan fingerprint density at radius 3 is 1.32 bits per heavy atom. The topological polar surface area (TPSA) is 48.5 Å². The second-order valence-corrected chi connectivity index (χ2v) is 18.9. The van der Waals surface area contributed by atoms with Crippen LogP contribution in [-0.2, 0) is 6.18 Å². The number of hydrogen-bond donors (Lipinski definition) is 0. The third-order valence-electron chi connectivity index (χ3n) is 14.2. The summed E-state index contributed by atoms with van der Waals surface area (Å²) >= 11 is 0. The third-order valence-corrected chi connectivity index (χ3v) is 14.2. The average molecular weight is 964 g/mol. The maximum Gasteiger partial charge on any atom is 0.416 e. The predicted molar refractivity (Wildman–Crippen MR) is 296 cm³/mol. The molecule has 3 heterocycles. The third kappa shape index (κ3) is 7.79. The highest BCUT2D eigenvalue weighted by molar-refractivity contribution is 6.12. The van der Waals surface area contributed by atoms with Gasteiger partial charge < -0.3 is 9.13 Å². The van der Waals surface area contributed by atoms with E-state index >= 15 is 13.2 Å². The van der Waals surface area contributed by atoms with E-state index in [9.17, 15) is 0 Å². The summed E-state index contributed by atoms with van der Waals surface area (Å²) < 4.78 is 50.4. The van der Waals surface area contributed by atoms with E-state index in [4.69, 9.17) is 15.0 Å². The van der Waals surface area contributed by atoms with Crippen molar-refractivity contribution in [1.82, 2.24) is 24.1 Å². The molecular formula is C66H44F3N5. The first-order valence-corrected chi connectivity index (χ1v) is 24.6. The smallest absolute Gasteiger partial charge is 0.309 e. The summed E-state index contributed by atoms with van der Waals surface area (Å²) in [7, 11) is 0. The van der Waals surface area contributed by atoms with Gasteiger partial charge in [-0.3, -0.25) is 0 Å². The van der Waals surface area contributed by atoms with Crippen LogP contribution in [0.2, 0.25) is 0 Å². The Labute approximate surface area is 425 Å². The fraction of sp³-hybridized carbons (Fsp3) is 0.0455. The summed E-state index contributed by atoms with van der Waals surface area (Å²) in [4.78, 5) is 15.3. The van der Waals surface area contributed by atoms with Crippen molar-refractivity contribution in [2.24, 2.45) is 0 Å². The summed E-state index contributed by atoms with van der Waals surface area (Å²) in [5.41, 5.74) is 13.8. The molecule has 5 nitrogen and oxygen atoms in total. The van der Waals surface area contributed by atoms with Gasteiger partial charge in [0, 0.05) is 49.5 Å². The van der Waals surface area contributed by atoms with Gasteiger partial charge in [0.2, 0.25) is 0 Å². The molecule has 0 aliphatic heterocycles. The second kappa shape index (κ2) is 17.7. The molecule has 0 atom stereocenters. The summed E-state index contributed by atoms with van der Waals surface area (Å²) in [6.45, 7) is 4.15. The highest BCUT2D eigenvalue weighted by atomic mass is 19.4. The summed E-state index contributed by atoms with van der Waals surface area (Å²) in [5, 5.41) is 4.06. The van der Waals surface area contributed by atoms with Gasteiger partial charge in [-0.2, -0.15) is 13.2 Å². The average Bonchev–Trinajstić information content (AvgIpc) is 3.98. The number of rotatable bonds is 8. The van der Waals surface area contributed by atoms with Crippen molar-refractivity contribution >= 4 is 43.6 Å². The van der Waals surface area contributed by atoms with Crippen molar-refractivity contribution in [2.75, 3.05) is 0 Å². The molecule has 0 saturated carbocycles. The van der Waals surface area contributed by atoms with E-state index in [1.165, 1.54) is 23.3 Å². The second-order valence-electron chi connectivity index (χ2n) is 18.9. The Morgan fingerprint density at radius 2 is 0.784 bits per heavy atom. The van der Waals surface area contributed by atoms with Crippen molar-refractivity contribution in [1.29, 1.82) is 0 Å². The minimum atomic E-state index is -4.66. The van der Waals surface area contributed by atoms with Crippen LogP contribution in [0.1, 0.15) is 16.7 Å². The number of fused-ring (bicyclic) bond motifs is 6. The number of hydrogen-bond acceptors (Lipinski definition) is 3. The Kier molecular flexibility index (Phi) is 10.7. The molecule has 0 N–H and O–H groups in total. The van der Waals surface area contributed by atoms with Gasteiger partial charge in [-0.1, -0.05) is 169 Å². The van der Waals surface area contributed by atoms with Crippen molar-refractivity contribution in [2.45, 2.75) is 20.0 Å². The first kappa shape index (κ1) is 44.5. The van der Waals surface area contributed by atoms with Crippen LogP contribution in [0.3, 0.4) is 0 Å². The van der Waals surface area contributed by atoms with Crippen LogP contribution < -0.4 is 0 Å². The number of benzene rings is 10. The van der Waals surface area contributed by atoms with Gasteiger partial charge in [0.25, 0.3) is 0 Å². The lowest BCUT2D eigenvalue weighted by Crippen LogP contribution is -2.08. The van der Waals surface area contributed by atoms with Crippen LogP contribution in [0.4, 0.5) is 13.2 Å². The molecule has 0 fully saturated rings. The summed E-state index contributed by atoms with van der Waals surface area (Å²) in [6, 6.07) is 75.6. The fourth-order valence-electron chi connectivity index (χ4n) is 10.5. The monoisotopic (exact) mass is 963 g/mol. The number of alkyl halides is 3. The number of nitrogens with zero attached hydrogens (tertiary/aromatic N) is 5. The van der Waals surface area contributed by atoms with E-state index in [0.717, 1.165) is 82.7 Å². The van der Waals surface area contributed by atoms with E-state index in [-0.39, 0.29) is 0 Å². The van der Waals surface area contributed by atoms with Crippen molar-refractivity contribution in [3.63, 3.8) is 0 Å². The molecule has 13 aromatic rings. The zero-order valence-corrected chi connectivity index (χ0v) is 40.3. The molecule has 13 rings (SSSR count). The van der Waals surface area contributed by atoms with Gasteiger partial charge in [0.05, 0.1) is 33.3 Å².